The van der Waals surface area contributed by atoms with E-state index in [1.165, 1.54) is 6.07 Å². The third-order valence-electron chi connectivity index (χ3n) is 2.98. The summed E-state index contributed by atoms with van der Waals surface area (Å²) in [7, 11) is 0. The minimum atomic E-state index is -0.404. The van der Waals surface area contributed by atoms with Gasteiger partial charge in [-0.25, -0.2) is 4.39 Å². The van der Waals surface area contributed by atoms with Crippen molar-refractivity contribution in [1.29, 1.82) is 0 Å². The summed E-state index contributed by atoms with van der Waals surface area (Å²) in [6.45, 7) is 8.42. The summed E-state index contributed by atoms with van der Waals surface area (Å²) in [5.41, 5.74) is 0.639. The molecule has 0 aliphatic rings. The number of halogens is 1. The first-order valence-corrected chi connectivity index (χ1v) is 7.05. The topological polar surface area (TPSA) is 41.6 Å². The number of anilines is 1. The molecular weight excluding hydrogens is 259 g/mol. The highest BCUT2D eigenvalue weighted by molar-refractivity contribution is 5.99. The number of carbonyl (C=O) groups excluding carboxylic acids is 1. The highest BCUT2D eigenvalue weighted by atomic mass is 19.1. The Morgan fingerprint density at radius 2 is 2.10 bits per heavy atom. The molecule has 0 aliphatic heterocycles. The van der Waals surface area contributed by atoms with Gasteiger partial charge in [0.05, 0.1) is 17.9 Å². The van der Waals surface area contributed by atoms with Crippen molar-refractivity contribution in [2.24, 2.45) is 0 Å². The van der Waals surface area contributed by atoms with Gasteiger partial charge in [0.15, 0.2) is 0 Å². The van der Waals surface area contributed by atoms with E-state index in [2.05, 4.69) is 5.32 Å². The molecule has 0 aliphatic carbocycles. The molecule has 5 heteroatoms. The number of hydrogen-bond acceptors (Lipinski definition) is 3. The van der Waals surface area contributed by atoms with Crippen molar-refractivity contribution in [3.63, 3.8) is 0 Å². The Morgan fingerprint density at radius 3 is 2.70 bits per heavy atom. The lowest BCUT2D eigenvalue weighted by Crippen LogP contribution is -2.34. The van der Waals surface area contributed by atoms with Gasteiger partial charge >= 0.3 is 0 Å². The molecule has 0 spiro atoms. The highest BCUT2D eigenvalue weighted by Gasteiger charge is 2.19. The van der Waals surface area contributed by atoms with Crippen LogP contribution in [0.1, 0.15) is 31.1 Å². The quantitative estimate of drug-likeness (QED) is 0.745. The number of carbonyl (C=O) groups is 1. The largest absolute Gasteiger partial charge is 0.382 e. The lowest BCUT2D eigenvalue weighted by atomic mass is 10.1. The fourth-order valence-electron chi connectivity index (χ4n) is 1.95. The average molecular weight is 282 g/mol. The van der Waals surface area contributed by atoms with Crippen LogP contribution in [0.4, 0.5) is 10.1 Å². The number of para-hydroxylation sites is 1. The summed E-state index contributed by atoms with van der Waals surface area (Å²) < 4.78 is 19.1. The summed E-state index contributed by atoms with van der Waals surface area (Å²) in [4.78, 5) is 14.1. The zero-order chi connectivity index (χ0) is 15.0. The van der Waals surface area contributed by atoms with Gasteiger partial charge in [-0.2, -0.15) is 0 Å². The second kappa shape index (κ2) is 8.53. The second-order valence-corrected chi connectivity index (χ2v) is 4.27. The number of nitrogens with one attached hydrogen (secondary N) is 1. The van der Waals surface area contributed by atoms with Gasteiger partial charge in [-0.3, -0.25) is 4.79 Å². The van der Waals surface area contributed by atoms with Crippen LogP contribution >= 0.6 is 0 Å². The molecule has 112 valence electrons. The van der Waals surface area contributed by atoms with Crippen LogP contribution in [0.3, 0.4) is 0 Å². The molecule has 1 rings (SSSR count). The zero-order valence-electron chi connectivity index (χ0n) is 12.4. The number of benzene rings is 1. The van der Waals surface area contributed by atoms with Gasteiger partial charge in [0.2, 0.25) is 0 Å². The van der Waals surface area contributed by atoms with E-state index in [1.807, 2.05) is 20.8 Å². The molecule has 0 unspecified atom stereocenters. The molecule has 1 aromatic carbocycles. The molecule has 1 aromatic rings. The Labute approximate surface area is 119 Å². The first kappa shape index (κ1) is 16.4. The first-order chi connectivity index (χ1) is 9.65. The van der Waals surface area contributed by atoms with Crippen molar-refractivity contribution in [1.82, 2.24) is 4.90 Å². The van der Waals surface area contributed by atoms with Crippen LogP contribution in [0.2, 0.25) is 0 Å². The molecule has 4 nitrogen and oxygen atoms in total. The van der Waals surface area contributed by atoms with Crippen molar-refractivity contribution in [2.45, 2.75) is 20.8 Å². The van der Waals surface area contributed by atoms with Crippen LogP contribution in [-0.4, -0.2) is 43.7 Å². The Balaban J connectivity index is 2.91. The molecule has 0 fully saturated rings. The van der Waals surface area contributed by atoms with E-state index in [0.717, 1.165) is 0 Å². The van der Waals surface area contributed by atoms with E-state index in [4.69, 9.17) is 4.74 Å². The SMILES string of the molecule is CCNc1c(F)cccc1C(=O)N(CC)CCOCC. The standard InChI is InChI=1S/C15H23FN2O2/c1-4-17-14-12(8-7-9-13(14)16)15(19)18(5-2)10-11-20-6-3/h7-9,17H,4-6,10-11H2,1-3H3. The van der Waals surface area contributed by atoms with Gasteiger partial charge in [0.25, 0.3) is 5.91 Å². The molecule has 0 bridgehead atoms. The molecule has 0 aromatic heterocycles. The summed E-state index contributed by atoms with van der Waals surface area (Å²) >= 11 is 0. The predicted molar refractivity (Wildman–Crippen MR) is 78.6 cm³/mol. The van der Waals surface area contributed by atoms with E-state index < -0.39 is 5.82 Å². The molecule has 0 atom stereocenters. The van der Waals surface area contributed by atoms with Crippen molar-refractivity contribution < 1.29 is 13.9 Å². The first-order valence-electron chi connectivity index (χ1n) is 7.05. The minimum Gasteiger partial charge on any atom is -0.382 e. The number of nitrogens with zero attached hydrogens (tertiary/aromatic N) is 1. The lowest BCUT2D eigenvalue weighted by molar-refractivity contribution is 0.0669. The normalized spacial score (nSPS) is 10.4. The smallest absolute Gasteiger partial charge is 0.256 e. The summed E-state index contributed by atoms with van der Waals surface area (Å²) in [5, 5.41) is 2.92. The molecule has 0 heterocycles. The monoisotopic (exact) mass is 282 g/mol. The van der Waals surface area contributed by atoms with Gasteiger partial charge in [-0.05, 0) is 32.9 Å². The maximum atomic E-state index is 13.8. The summed E-state index contributed by atoms with van der Waals surface area (Å²) in [5.74, 6) is -0.582. The molecule has 20 heavy (non-hydrogen) atoms. The number of ether oxygens (including phenoxy) is 1. The maximum absolute atomic E-state index is 13.8. The molecule has 0 saturated carbocycles. The Bertz CT molecular complexity index is 438. The van der Waals surface area contributed by atoms with E-state index in [-0.39, 0.29) is 11.6 Å². The Kier molecular flexibility index (Phi) is 7.01. The van der Waals surface area contributed by atoms with Crippen LogP contribution in [-0.2, 0) is 4.74 Å². The third-order valence-corrected chi connectivity index (χ3v) is 2.98. The van der Waals surface area contributed by atoms with Crippen molar-refractivity contribution in [3.05, 3.63) is 29.6 Å². The molecule has 0 saturated heterocycles. The van der Waals surface area contributed by atoms with Gasteiger partial charge in [-0.1, -0.05) is 6.07 Å². The number of likely N-dealkylation sites (N-methyl/N-ethyl adjacent to an activating group) is 1. The highest BCUT2D eigenvalue weighted by Crippen LogP contribution is 2.21. The van der Waals surface area contributed by atoms with Gasteiger partial charge in [-0.15, -0.1) is 0 Å². The van der Waals surface area contributed by atoms with Crippen molar-refractivity contribution in [3.8, 4) is 0 Å². The second-order valence-electron chi connectivity index (χ2n) is 4.27. The van der Waals surface area contributed by atoms with Gasteiger partial charge in [0.1, 0.15) is 5.82 Å². The van der Waals surface area contributed by atoms with Gasteiger partial charge < -0.3 is 15.0 Å². The van der Waals surface area contributed by atoms with E-state index in [1.54, 1.807) is 17.0 Å². The average Bonchev–Trinajstić information content (AvgIpc) is 2.45. The number of amides is 1. The third kappa shape index (κ3) is 4.20. The predicted octanol–water partition coefficient (Wildman–Crippen LogP) is 2.76. The Morgan fingerprint density at radius 1 is 1.35 bits per heavy atom. The van der Waals surface area contributed by atoms with E-state index >= 15 is 0 Å². The molecular formula is C15H23FN2O2. The van der Waals surface area contributed by atoms with Crippen LogP contribution in [0.25, 0.3) is 0 Å². The fourth-order valence-corrected chi connectivity index (χ4v) is 1.95. The molecule has 0 radical (unpaired) electrons. The minimum absolute atomic E-state index is 0.178. The van der Waals surface area contributed by atoms with Crippen LogP contribution < -0.4 is 5.32 Å². The van der Waals surface area contributed by atoms with Crippen LogP contribution in [0, 0.1) is 5.82 Å². The molecule has 1 amide bonds. The van der Waals surface area contributed by atoms with Gasteiger partial charge in [0, 0.05) is 26.2 Å². The lowest BCUT2D eigenvalue weighted by Gasteiger charge is -2.22. The summed E-state index contributed by atoms with van der Waals surface area (Å²) in [6, 6.07) is 4.55. The Hall–Kier alpha value is -1.62. The maximum Gasteiger partial charge on any atom is 0.256 e. The van der Waals surface area contributed by atoms with E-state index in [0.29, 0.717) is 38.4 Å². The van der Waals surface area contributed by atoms with Crippen LogP contribution in [0.5, 0.6) is 0 Å². The van der Waals surface area contributed by atoms with E-state index in [9.17, 15) is 9.18 Å². The van der Waals surface area contributed by atoms with Crippen molar-refractivity contribution in [2.75, 3.05) is 38.2 Å². The fraction of sp³-hybridized carbons (Fsp3) is 0.533. The summed E-state index contributed by atoms with van der Waals surface area (Å²) in [6.07, 6.45) is 0. The number of rotatable bonds is 8. The van der Waals surface area contributed by atoms with Crippen molar-refractivity contribution >= 4 is 11.6 Å². The number of hydrogen-bond donors (Lipinski definition) is 1. The molecule has 1 N–H and O–H groups in total. The zero-order valence-corrected chi connectivity index (χ0v) is 12.4. The van der Waals surface area contributed by atoms with Crippen LogP contribution in [0.15, 0.2) is 18.2 Å².